The molecule has 2 atom stereocenters. The quantitative estimate of drug-likeness (QED) is 0.0874. The topological polar surface area (TPSA) is 131 Å². The second-order valence-corrected chi connectivity index (χ2v) is 12.0. The van der Waals surface area contributed by atoms with Crippen LogP contribution in [-0.4, -0.2) is 30.6 Å². The van der Waals surface area contributed by atoms with Crippen LogP contribution in [0.5, 0.6) is 40.2 Å². The Morgan fingerprint density at radius 3 is 1.76 bits per heavy atom. The Bertz CT molecular complexity index is 1770. The molecular formula is C38H38O7. The largest absolute Gasteiger partial charge is 0.508 e. The Morgan fingerprint density at radius 2 is 1.16 bits per heavy atom. The maximum absolute atomic E-state index is 11.3. The van der Waals surface area contributed by atoms with E-state index in [1.54, 1.807) is 54.6 Å². The number of ether oxygens (including phenoxy) is 1. The number of phenols is 6. The lowest BCUT2D eigenvalue weighted by atomic mass is 9.81. The van der Waals surface area contributed by atoms with Crippen LogP contribution < -0.4 is 4.74 Å². The molecule has 1 aliphatic rings. The number of allylic oxidation sites excluding steroid dienone is 2. The zero-order valence-electron chi connectivity index (χ0n) is 25.6. The van der Waals surface area contributed by atoms with Crippen LogP contribution in [0.3, 0.4) is 0 Å². The van der Waals surface area contributed by atoms with Crippen molar-refractivity contribution in [1.29, 1.82) is 0 Å². The number of phenolic OH excluding ortho intramolecular Hbond substituents is 6. The molecule has 7 heteroatoms. The van der Waals surface area contributed by atoms with Crippen molar-refractivity contribution >= 4 is 24.3 Å². The van der Waals surface area contributed by atoms with Crippen LogP contribution in [0.25, 0.3) is 24.3 Å². The zero-order chi connectivity index (χ0) is 32.4. The molecule has 0 aliphatic carbocycles. The van der Waals surface area contributed by atoms with Gasteiger partial charge in [-0.15, -0.1) is 0 Å². The molecule has 5 rings (SSSR count). The van der Waals surface area contributed by atoms with Crippen LogP contribution in [-0.2, 0) is 0 Å². The smallest absolute Gasteiger partial charge is 0.157 e. The van der Waals surface area contributed by atoms with Gasteiger partial charge in [-0.05, 0) is 76.6 Å². The standard InChI is InChI=1S/C38H38O7/c1-21(2)5-14-28-31(41)19-26(20-32(28)42)36-35-24(10-7-23-8-12-27(39)13-9-23)17-33(43)29(15-6-22(3)4)38(35)45-37(36)25-11-16-30(40)34(44)18-25/h5-22,36-37,39-44H,1-4H3/b10-7+,14-5+,15-6+. The van der Waals surface area contributed by atoms with Gasteiger partial charge in [-0.25, -0.2) is 0 Å². The molecule has 6 N–H and O–H groups in total. The molecule has 7 nitrogen and oxygen atoms in total. The highest BCUT2D eigenvalue weighted by atomic mass is 16.5. The number of rotatable bonds is 8. The van der Waals surface area contributed by atoms with E-state index >= 15 is 0 Å². The fourth-order valence-corrected chi connectivity index (χ4v) is 5.45. The average Bonchev–Trinajstić information content (AvgIpc) is 3.37. The van der Waals surface area contributed by atoms with Crippen molar-refractivity contribution in [2.75, 3.05) is 0 Å². The summed E-state index contributed by atoms with van der Waals surface area (Å²) in [5.41, 5.74) is 4.01. The van der Waals surface area contributed by atoms with Gasteiger partial charge in [0.05, 0.1) is 17.0 Å². The molecular weight excluding hydrogens is 568 g/mol. The Kier molecular flexibility index (Phi) is 8.82. The molecule has 232 valence electrons. The average molecular weight is 607 g/mol. The van der Waals surface area contributed by atoms with Crippen molar-refractivity contribution in [2.45, 2.75) is 39.7 Å². The van der Waals surface area contributed by atoms with Crippen molar-refractivity contribution in [3.05, 3.63) is 112 Å². The summed E-state index contributed by atoms with van der Waals surface area (Å²) in [5, 5.41) is 63.7. The predicted molar refractivity (Wildman–Crippen MR) is 178 cm³/mol. The summed E-state index contributed by atoms with van der Waals surface area (Å²) in [5.74, 6) is -0.466. The Morgan fingerprint density at radius 1 is 0.578 bits per heavy atom. The summed E-state index contributed by atoms with van der Waals surface area (Å²) in [7, 11) is 0. The molecule has 0 fully saturated rings. The van der Waals surface area contributed by atoms with Crippen molar-refractivity contribution in [2.24, 2.45) is 11.8 Å². The van der Waals surface area contributed by atoms with Gasteiger partial charge in [0.1, 0.15) is 34.9 Å². The zero-order valence-corrected chi connectivity index (χ0v) is 25.6. The minimum absolute atomic E-state index is 0.00354. The van der Waals surface area contributed by atoms with Gasteiger partial charge in [-0.2, -0.15) is 0 Å². The second kappa shape index (κ2) is 12.7. The maximum Gasteiger partial charge on any atom is 0.157 e. The SMILES string of the molecule is CC(C)/C=C/c1c(O)cc(C2c3c(/C=C/c4ccc(O)cc4)cc(O)c(/C=C/C(C)C)c3OC2c2ccc(O)c(O)c2)cc1O. The van der Waals surface area contributed by atoms with E-state index in [2.05, 4.69) is 0 Å². The van der Waals surface area contributed by atoms with E-state index in [1.165, 1.54) is 12.1 Å². The van der Waals surface area contributed by atoms with Crippen LogP contribution in [0.4, 0.5) is 0 Å². The molecule has 1 heterocycles. The van der Waals surface area contributed by atoms with Crippen molar-refractivity contribution < 1.29 is 35.4 Å². The summed E-state index contributed by atoms with van der Waals surface area (Å²) >= 11 is 0. The maximum atomic E-state index is 11.3. The summed E-state index contributed by atoms with van der Waals surface area (Å²) < 4.78 is 6.65. The van der Waals surface area contributed by atoms with E-state index in [1.807, 2.05) is 58.1 Å². The third kappa shape index (κ3) is 6.63. The summed E-state index contributed by atoms with van der Waals surface area (Å²) in [6.45, 7) is 8.04. The van der Waals surface area contributed by atoms with E-state index < -0.39 is 12.0 Å². The number of hydrogen-bond acceptors (Lipinski definition) is 7. The van der Waals surface area contributed by atoms with E-state index in [0.29, 0.717) is 39.1 Å². The monoisotopic (exact) mass is 606 g/mol. The molecule has 0 saturated heterocycles. The predicted octanol–water partition coefficient (Wildman–Crippen LogP) is 8.69. The lowest BCUT2D eigenvalue weighted by Gasteiger charge is -2.22. The third-order valence-corrected chi connectivity index (χ3v) is 7.72. The summed E-state index contributed by atoms with van der Waals surface area (Å²) in [6.07, 6.45) is 10.3. The summed E-state index contributed by atoms with van der Waals surface area (Å²) in [4.78, 5) is 0. The van der Waals surface area contributed by atoms with Gasteiger partial charge in [0.15, 0.2) is 11.5 Å². The van der Waals surface area contributed by atoms with Gasteiger partial charge in [0.25, 0.3) is 0 Å². The highest BCUT2D eigenvalue weighted by Crippen LogP contribution is 2.56. The molecule has 0 radical (unpaired) electrons. The molecule has 4 aromatic carbocycles. The number of fused-ring (bicyclic) bond motifs is 1. The van der Waals surface area contributed by atoms with Gasteiger partial charge in [-0.3, -0.25) is 0 Å². The van der Waals surface area contributed by atoms with Crippen molar-refractivity contribution in [1.82, 2.24) is 0 Å². The molecule has 4 aromatic rings. The molecule has 45 heavy (non-hydrogen) atoms. The molecule has 2 unspecified atom stereocenters. The number of aromatic hydroxyl groups is 6. The lowest BCUT2D eigenvalue weighted by molar-refractivity contribution is 0.220. The van der Waals surface area contributed by atoms with E-state index in [-0.39, 0.29) is 46.3 Å². The van der Waals surface area contributed by atoms with Gasteiger partial charge < -0.3 is 35.4 Å². The van der Waals surface area contributed by atoms with Crippen molar-refractivity contribution in [3.8, 4) is 40.2 Å². The van der Waals surface area contributed by atoms with Crippen LogP contribution in [0, 0.1) is 11.8 Å². The molecule has 1 aliphatic heterocycles. The molecule has 0 amide bonds. The van der Waals surface area contributed by atoms with E-state index in [0.717, 1.165) is 5.56 Å². The summed E-state index contributed by atoms with van der Waals surface area (Å²) in [6, 6.07) is 16.0. The van der Waals surface area contributed by atoms with Crippen LogP contribution in [0.2, 0.25) is 0 Å². The first-order chi connectivity index (χ1) is 21.4. The normalized spacial score (nSPS) is 16.4. The van der Waals surface area contributed by atoms with Gasteiger partial charge >= 0.3 is 0 Å². The lowest BCUT2D eigenvalue weighted by Crippen LogP contribution is -2.12. The first kappa shape index (κ1) is 31.1. The first-order valence-electron chi connectivity index (χ1n) is 14.9. The highest BCUT2D eigenvalue weighted by Gasteiger charge is 2.41. The minimum atomic E-state index is -0.767. The Balaban J connectivity index is 1.77. The molecule has 0 saturated carbocycles. The third-order valence-electron chi connectivity index (χ3n) is 7.72. The Hall–Kier alpha value is -5.30. The molecule has 0 aromatic heterocycles. The van der Waals surface area contributed by atoms with E-state index in [9.17, 15) is 30.6 Å². The Labute approximate surface area is 263 Å². The van der Waals surface area contributed by atoms with Gasteiger partial charge in [-0.1, -0.05) is 82.4 Å². The van der Waals surface area contributed by atoms with Crippen molar-refractivity contribution in [3.63, 3.8) is 0 Å². The number of benzene rings is 4. The first-order valence-corrected chi connectivity index (χ1v) is 14.9. The van der Waals surface area contributed by atoms with Crippen LogP contribution in [0.1, 0.15) is 78.7 Å². The molecule has 0 bridgehead atoms. The van der Waals surface area contributed by atoms with Gasteiger partial charge in [0, 0.05) is 5.56 Å². The van der Waals surface area contributed by atoms with Crippen LogP contribution in [0.15, 0.2) is 72.8 Å². The minimum Gasteiger partial charge on any atom is -0.508 e. The van der Waals surface area contributed by atoms with Crippen LogP contribution >= 0.6 is 0 Å². The highest BCUT2D eigenvalue weighted by molar-refractivity contribution is 5.80. The second-order valence-electron chi connectivity index (χ2n) is 12.0. The number of hydrogen-bond donors (Lipinski definition) is 6. The fraction of sp³-hybridized carbons (Fsp3) is 0.211. The molecule has 0 spiro atoms. The van der Waals surface area contributed by atoms with Gasteiger partial charge in [0.2, 0.25) is 0 Å². The fourth-order valence-electron chi connectivity index (χ4n) is 5.45. The van der Waals surface area contributed by atoms with E-state index in [4.69, 9.17) is 4.74 Å².